The normalized spacial score (nSPS) is 13.0. The summed E-state index contributed by atoms with van der Waals surface area (Å²) in [5.41, 5.74) is 0. The number of rotatable bonds is 6. The number of amides is 1. The lowest BCUT2D eigenvalue weighted by molar-refractivity contribution is -0.121. The van der Waals surface area contributed by atoms with Gasteiger partial charge in [0.25, 0.3) is 0 Å². The van der Waals surface area contributed by atoms with Gasteiger partial charge in [0.2, 0.25) is 5.91 Å². The van der Waals surface area contributed by atoms with Crippen LogP contribution >= 0.6 is 0 Å². The first-order valence-electron chi connectivity index (χ1n) is 4.26. The highest BCUT2D eigenvalue weighted by molar-refractivity contribution is 5.76. The Morgan fingerprint density at radius 1 is 1.54 bits per heavy atom. The third-order valence-electron chi connectivity index (χ3n) is 1.53. The zero-order valence-corrected chi connectivity index (χ0v) is 8.16. The number of nitrogens with one attached hydrogen (secondary N) is 1. The fraction of sp³-hybridized carbons (Fsp3) is 0.875. The summed E-state index contributed by atoms with van der Waals surface area (Å²) >= 11 is 0. The molecule has 1 atom stereocenters. The van der Waals surface area contributed by atoms with E-state index in [9.17, 15) is 4.79 Å². The highest BCUT2D eigenvalue weighted by Gasteiger charge is 2.05. The fourth-order valence-electron chi connectivity index (χ4n) is 0.710. The van der Waals surface area contributed by atoms with Crippen molar-refractivity contribution in [2.24, 2.45) is 0 Å². The maximum absolute atomic E-state index is 11.0. The van der Waals surface area contributed by atoms with Crippen molar-refractivity contribution in [1.29, 1.82) is 0 Å². The lowest BCUT2D eigenvalue weighted by Crippen LogP contribution is -2.35. The molecule has 0 bridgehead atoms. The van der Waals surface area contributed by atoms with Crippen LogP contribution < -0.4 is 5.32 Å². The van der Waals surface area contributed by atoms with Gasteiger partial charge in [-0.1, -0.05) is 0 Å². The van der Waals surface area contributed by atoms with E-state index in [2.05, 4.69) is 5.32 Å². The van der Waals surface area contributed by atoms with Crippen molar-refractivity contribution >= 4 is 5.91 Å². The number of hydrogen-bond donors (Lipinski definition) is 3. The van der Waals surface area contributed by atoms with Crippen molar-refractivity contribution in [3.05, 3.63) is 0 Å². The van der Waals surface area contributed by atoms with Crippen LogP contribution in [0.4, 0.5) is 0 Å². The fourth-order valence-corrected chi connectivity index (χ4v) is 0.710. The molecule has 0 aromatic carbocycles. The molecule has 0 heterocycles. The van der Waals surface area contributed by atoms with Crippen LogP contribution in [0.5, 0.6) is 0 Å². The lowest BCUT2D eigenvalue weighted by Gasteiger charge is -2.11. The van der Waals surface area contributed by atoms with E-state index in [1.165, 1.54) is 0 Å². The molecule has 0 spiro atoms. The van der Waals surface area contributed by atoms with Gasteiger partial charge in [0.15, 0.2) is 0 Å². The van der Waals surface area contributed by atoms with Gasteiger partial charge < -0.3 is 20.4 Å². The van der Waals surface area contributed by atoms with Crippen LogP contribution in [0.2, 0.25) is 0 Å². The van der Waals surface area contributed by atoms with Crippen LogP contribution in [0.15, 0.2) is 0 Å². The van der Waals surface area contributed by atoms with Gasteiger partial charge in [-0.3, -0.25) is 4.79 Å². The molecule has 5 heteroatoms. The summed E-state index contributed by atoms with van der Waals surface area (Å²) in [6.07, 6.45) is -0.450. The zero-order chi connectivity index (χ0) is 10.3. The molecule has 0 aromatic rings. The van der Waals surface area contributed by atoms with Crippen LogP contribution in [-0.4, -0.2) is 60.9 Å². The van der Waals surface area contributed by atoms with Gasteiger partial charge in [-0.25, -0.2) is 0 Å². The van der Waals surface area contributed by atoms with E-state index in [1.54, 1.807) is 0 Å². The predicted octanol–water partition coefficient (Wildman–Crippen LogP) is -1.59. The highest BCUT2D eigenvalue weighted by Crippen LogP contribution is 1.84. The second-order valence-corrected chi connectivity index (χ2v) is 3.19. The van der Waals surface area contributed by atoms with E-state index in [4.69, 9.17) is 10.2 Å². The minimum Gasteiger partial charge on any atom is -0.394 e. The van der Waals surface area contributed by atoms with E-state index in [1.807, 2.05) is 19.0 Å². The molecule has 0 aliphatic rings. The second-order valence-electron chi connectivity index (χ2n) is 3.19. The van der Waals surface area contributed by atoms with Gasteiger partial charge in [0, 0.05) is 19.5 Å². The first-order valence-corrected chi connectivity index (χ1v) is 4.26. The molecule has 0 radical (unpaired) electrons. The molecule has 1 amide bonds. The minimum absolute atomic E-state index is 0.110. The van der Waals surface area contributed by atoms with Gasteiger partial charge in [-0.05, 0) is 14.1 Å². The molecule has 0 aliphatic heterocycles. The molecular formula is C8H18N2O3. The average Bonchev–Trinajstić information content (AvgIpc) is 2.10. The Morgan fingerprint density at radius 3 is 2.62 bits per heavy atom. The standard InChI is InChI=1S/C8H18N2O3/c1-10(2)4-3-8(13)9-5-7(12)6-11/h7,11-12H,3-6H2,1-2H3,(H,9,13). The maximum Gasteiger partial charge on any atom is 0.221 e. The Hall–Kier alpha value is -0.650. The SMILES string of the molecule is CN(C)CCC(=O)NCC(O)CO. The summed E-state index contributed by atoms with van der Waals surface area (Å²) in [4.78, 5) is 12.9. The van der Waals surface area contributed by atoms with Crippen molar-refractivity contribution in [2.75, 3.05) is 33.8 Å². The Kier molecular flexibility index (Phi) is 6.48. The summed E-state index contributed by atoms with van der Waals surface area (Å²) in [5.74, 6) is -0.110. The van der Waals surface area contributed by atoms with Gasteiger partial charge in [-0.2, -0.15) is 0 Å². The lowest BCUT2D eigenvalue weighted by atomic mass is 10.3. The number of aliphatic hydroxyl groups excluding tert-OH is 2. The first kappa shape index (κ1) is 12.3. The third-order valence-corrected chi connectivity index (χ3v) is 1.53. The van der Waals surface area contributed by atoms with Crippen molar-refractivity contribution in [3.8, 4) is 0 Å². The van der Waals surface area contributed by atoms with E-state index in [0.717, 1.165) is 0 Å². The minimum atomic E-state index is -0.858. The molecule has 0 saturated heterocycles. The monoisotopic (exact) mass is 190 g/mol. The highest BCUT2D eigenvalue weighted by atomic mass is 16.3. The number of carbonyl (C=O) groups excluding carboxylic acids is 1. The predicted molar refractivity (Wildman–Crippen MR) is 49.3 cm³/mol. The van der Waals surface area contributed by atoms with Crippen LogP contribution in [0.25, 0.3) is 0 Å². The van der Waals surface area contributed by atoms with Gasteiger partial charge >= 0.3 is 0 Å². The molecular weight excluding hydrogens is 172 g/mol. The van der Waals surface area contributed by atoms with Gasteiger partial charge in [0.05, 0.1) is 12.7 Å². The zero-order valence-electron chi connectivity index (χ0n) is 8.16. The van der Waals surface area contributed by atoms with E-state index >= 15 is 0 Å². The molecule has 13 heavy (non-hydrogen) atoms. The average molecular weight is 190 g/mol. The van der Waals surface area contributed by atoms with E-state index in [0.29, 0.717) is 13.0 Å². The molecule has 0 rings (SSSR count). The maximum atomic E-state index is 11.0. The van der Waals surface area contributed by atoms with Crippen LogP contribution in [0.1, 0.15) is 6.42 Å². The summed E-state index contributed by atoms with van der Waals surface area (Å²) in [5, 5.41) is 19.9. The largest absolute Gasteiger partial charge is 0.394 e. The number of aliphatic hydroxyl groups is 2. The van der Waals surface area contributed by atoms with Crippen molar-refractivity contribution < 1.29 is 15.0 Å². The molecule has 5 nitrogen and oxygen atoms in total. The topological polar surface area (TPSA) is 72.8 Å². The van der Waals surface area contributed by atoms with E-state index < -0.39 is 6.10 Å². The molecule has 3 N–H and O–H groups in total. The Morgan fingerprint density at radius 2 is 2.15 bits per heavy atom. The molecule has 78 valence electrons. The first-order chi connectivity index (χ1) is 6.06. The van der Waals surface area contributed by atoms with Crippen LogP contribution in [0.3, 0.4) is 0 Å². The van der Waals surface area contributed by atoms with Crippen LogP contribution in [0, 0.1) is 0 Å². The van der Waals surface area contributed by atoms with Crippen molar-refractivity contribution in [1.82, 2.24) is 10.2 Å². The summed E-state index contributed by atoms with van der Waals surface area (Å²) < 4.78 is 0. The number of carbonyl (C=O) groups is 1. The second kappa shape index (κ2) is 6.82. The summed E-state index contributed by atoms with van der Waals surface area (Å²) in [6.45, 7) is 0.470. The van der Waals surface area contributed by atoms with E-state index in [-0.39, 0.29) is 19.1 Å². The number of nitrogens with zero attached hydrogens (tertiary/aromatic N) is 1. The summed E-state index contributed by atoms with van der Waals surface area (Å²) in [6, 6.07) is 0. The van der Waals surface area contributed by atoms with Gasteiger partial charge in [0.1, 0.15) is 0 Å². The quantitative estimate of drug-likeness (QED) is 0.472. The molecule has 0 saturated carbocycles. The molecule has 1 unspecified atom stereocenters. The number of hydrogen-bond acceptors (Lipinski definition) is 4. The summed E-state index contributed by atoms with van der Waals surface area (Å²) in [7, 11) is 3.77. The Labute approximate surface area is 78.4 Å². The Balaban J connectivity index is 3.40. The molecule has 0 fully saturated rings. The molecule has 0 aromatic heterocycles. The molecule has 0 aliphatic carbocycles. The van der Waals surface area contributed by atoms with Crippen molar-refractivity contribution in [2.45, 2.75) is 12.5 Å². The van der Waals surface area contributed by atoms with Crippen molar-refractivity contribution in [3.63, 3.8) is 0 Å². The third kappa shape index (κ3) is 7.70. The Bertz CT molecular complexity index is 150. The van der Waals surface area contributed by atoms with Gasteiger partial charge in [-0.15, -0.1) is 0 Å². The smallest absolute Gasteiger partial charge is 0.221 e. The van der Waals surface area contributed by atoms with Crippen LogP contribution in [-0.2, 0) is 4.79 Å².